The van der Waals surface area contributed by atoms with Gasteiger partial charge < -0.3 is 14.5 Å². The van der Waals surface area contributed by atoms with E-state index in [1.807, 2.05) is 21.0 Å². The van der Waals surface area contributed by atoms with Crippen molar-refractivity contribution in [2.45, 2.75) is 19.8 Å². The van der Waals surface area contributed by atoms with Crippen molar-refractivity contribution in [1.29, 1.82) is 0 Å². The predicted octanol–water partition coefficient (Wildman–Crippen LogP) is 2.53. The quantitative estimate of drug-likeness (QED) is 0.791. The van der Waals surface area contributed by atoms with Crippen LogP contribution >= 0.6 is 0 Å². The van der Waals surface area contributed by atoms with Gasteiger partial charge in [-0.3, -0.25) is 4.79 Å². The molecular weight excluding hydrogens is 252 g/mol. The maximum absolute atomic E-state index is 11.7. The van der Waals surface area contributed by atoms with Crippen molar-refractivity contribution in [2.75, 3.05) is 43.6 Å². The van der Waals surface area contributed by atoms with Crippen LogP contribution in [-0.2, 0) is 9.53 Å². The Kier molecular flexibility index (Phi) is 4.88. The van der Waals surface area contributed by atoms with Crippen LogP contribution in [0, 0.1) is 5.92 Å². The first-order chi connectivity index (χ1) is 9.61. The number of esters is 1. The van der Waals surface area contributed by atoms with Crippen LogP contribution in [0.2, 0.25) is 0 Å². The monoisotopic (exact) mass is 276 g/mol. The van der Waals surface area contributed by atoms with E-state index in [0.29, 0.717) is 6.61 Å². The highest BCUT2D eigenvalue weighted by Gasteiger charge is 2.25. The highest BCUT2D eigenvalue weighted by atomic mass is 16.5. The summed E-state index contributed by atoms with van der Waals surface area (Å²) < 4.78 is 5.10. The number of hydrogen-bond donors (Lipinski definition) is 0. The van der Waals surface area contributed by atoms with E-state index < -0.39 is 0 Å². The minimum absolute atomic E-state index is 0.0323. The Hall–Kier alpha value is -1.71. The van der Waals surface area contributed by atoms with E-state index in [1.54, 1.807) is 0 Å². The maximum atomic E-state index is 11.7. The zero-order valence-electron chi connectivity index (χ0n) is 12.6. The van der Waals surface area contributed by atoms with Gasteiger partial charge in [0.05, 0.1) is 12.5 Å². The van der Waals surface area contributed by atoms with Crippen molar-refractivity contribution in [3.63, 3.8) is 0 Å². The van der Waals surface area contributed by atoms with Crippen LogP contribution in [0.15, 0.2) is 24.3 Å². The van der Waals surface area contributed by atoms with Crippen molar-refractivity contribution >= 4 is 17.3 Å². The number of nitrogens with zero attached hydrogens (tertiary/aromatic N) is 2. The lowest BCUT2D eigenvalue weighted by molar-refractivity contribution is -0.148. The normalized spacial score (nSPS) is 16.1. The van der Waals surface area contributed by atoms with Crippen LogP contribution in [0.1, 0.15) is 19.8 Å². The lowest BCUT2D eigenvalue weighted by Gasteiger charge is -2.32. The Bertz CT molecular complexity index is 434. The van der Waals surface area contributed by atoms with E-state index in [1.165, 1.54) is 11.4 Å². The van der Waals surface area contributed by atoms with Gasteiger partial charge in [-0.15, -0.1) is 0 Å². The number of carbonyl (C=O) groups is 1. The van der Waals surface area contributed by atoms with Crippen molar-refractivity contribution in [2.24, 2.45) is 5.92 Å². The molecule has 0 radical (unpaired) electrons. The molecule has 1 heterocycles. The van der Waals surface area contributed by atoms with Gasteiger partial charge in [0, 0.05) is 38.6 Å². The number of rotatable bonds is 4. The van der Waals surface area contributed by atoms with Gasteiger partial charge in [0.25, 0.3) is 0 Å². The third kappa shape index (κ3) is 3.44. The zero-order chi connectivity index (χ0) is 14.5. The molecule has 1 aromatic rings. The summed E-state index contributed by atoms with van der Waals surface area (Å²) in [5.74, 6) is 0.0438. The van der Waals surface area contributed by atoms with Crippen LogP contribution in [0.3, 0.4) is 0 Å². The Morgan fingerprint density at radius 2 is 1.85 bits per heavy atom. The summed E-state index contributed by atoms with van der Waals surface area (Å²) in [6.07, 6.45) is 1.77. The first-order valence-electron chi connectivity index (χ1n) is 7.30. The van der Waals surface area contributed by atoms with E-state index in [4.69, 9.17) is 4.74 Å². The number of anilines is 2. The molecule has 1 fully saturated rings. The summed E-state index contributed by atoms with van der Waals surface area (Å²) in [5.41, 5.74) is 2.44. The zero-order valence-corrected chi connectivity index (χ0v) is 12.6. The third-order valence-electron chi connectivity index (χ3n) is 3.85. The topological polar surface area (TPSA) is 32.8 Å². The molecule has 0 unspecified atom stereocenters. The van der Waals surface area contributed by atoms with Crippen LogP contribution < -0.4 is 9.80 Å². The Morgan fingerprint density at radius 3 is 2.35 bits per heavy atom. The molecular formula is C16H24N2O2. The fourth-order valence-corrected chi connectivity index (χ4v) is 2.60. The van der Waals surface area contributed by atoms with Crippen LogP contribution in [0.5, 0.6) is 0 Å². The van der Waals surface area contributed by atoms with Gasteiger partial charge in [0.2, 0.25) is 0 Å². The fourth-order valence-electron chi connectivity index (χ4n) is 2.60. The number of ether oxygens (including phenoxy) is 1. The average Bonchev–Trinajstić information content (AvgIpc) is 2.48. The molecule has 2 rings (SSSR count). The molecule has 0 spiro atoms. The van der Waals surface area contributed by atoms with Gasteiger partial charge in [-0.2, -0.15) is 0 Å². The Labute approximate surface area is 121 Å². The van der Waals surface area contributed by atoms with Gasteiger partial charge >= 0.3 is 5.97 Å². The molecule has 4 nitrogen and oxygen atoms in total. The second-order valence-corrected chi connectivity index (χ2v) is 5.42. The minimum atomic E-state index is -0.0323. The molecule has 0 aromatic heterocycles. The maximum Gasteiger partial charge on any atom is 0.309 e. The summed E-state index contributed by atoms with van der Waals surface area (Å²) in [5, 5.41) is 0. The van der Waals surface area contributed by atoms with Gasteiger partial charge in [0.15, 0.2) is 0 Å². The molecule has 4 heteroatoms. The number of carbonyl (C=O) groups excluding carboxylic acids is 1. The van der Waals surface area contributed by atoms with Crippen LogP contribution in [0.4, 0.5) is 11.4 Å². The first kappa shape index (κ1) is 14.7. The summed E-state index contributed by atoms with van der Waals surface area (Å²) in [4.78, 5) is 16.2. The molecule has 0 atom stereocenters. The molecule has 1 aromatic carbocycles. The lowest BCUT2D eigenvalue weighted by Crippen LogP contribution is -2.36. The summed E-state index contributed by atoms with van der Waals surface area (Å²) in [6.45, 7) is 4.18. The molecule has 0 saturated carbocycles. The molecule has 1 saturated heterocycles. The number of hydrogen-bond acceptors (Lipinski definition) is 4. The van der Waals surface area contributed by atoms with Crippen molar-refractivity contribution in [3.05, 3.63) is 24.3 Å². The molecule has 1 aliphatic rings. The van der Waals surface area contributed by atoms with Gasteiger partial charge in [0.1, 0.15) is 0 Å². The molecule has 0 amide bonds. The average molecular weight is 276 g/mol. The molecule has 0 aliphatic carbocycles. The fraction of sp³-hybridized carbons (Fsp3) is 0.562. The largest absolute Gasteiger partial charge is 0.466 e. The van der Waals surface area contributed by atoms with E-state index in [0.717, 1.165) is 25.9 Å². The molecule has 0 N–H and O–H groups in total. The van der Waals surface area contributed by atoms with Crippen LogP contribution in [0.25, 0.3) is 0 Å². The third-order valence-corrected chi connectivity index (χ3v) is 3.85. The van der Waals surface area contributed by atoms with Gasteiger partial charge in [-0.1, -0.05) is 0 Å². The second-order valence-electron chi connectivity index (χ2n) is 5.42. The van der Waals surface area contributed by atoms with Crippen molar-refractivity contribution in [3.8, 4) is 0 Å². The molecule has 0 bridgehead atoms. The number of piperidine rings is 1. The molecule has 1 aliphatic heterocycles. The van der Waals surface area contributed by atoms with Gasteiger partial charge in [-0.05, 0) is 44.0 Å². The number of benzene rings is 1. The Balaban J connectivity index is 1.91. The van der Waals surface area contributed by atoms with E-state index >= 15 is 0 Å². The first-order valence-corrected chi connectivity index (χ1v) is 7.30. The highest BCUT2D eigenvalue weighted by Crippen LogP contribution is 2.25. The van der Waals surface area contributed by atoms with E-state index in [2.05, 4.69) is 34.1 Å². The Morgan fingerprint density at radius 1 is 1.25 bits per heavy atom. The minimum Gasteiger partial charge on any atom is -0.466 e. The smallest absolute Gasteiger partial charge is 0.309 e. The summed E-state index contributed by atoms with van der Waals surface area (Å²) in [7, 11) is 4.08. The lowest BCUT2D eigenvalue weighted by atomic mass is 9.96. The van der Waals surface area contributed by atoms with Crippen molar-refractivity contribution < 1.29 is 9.53 Å². The summed E-state index contributed by atoms with van der Waals surface area (Å²) >= 11 is 0. The van der Waals surface area contributed by atoms with E-state index in [9.17, 15) is 4.79 Å². The van der Waals surface area contributed by atoms with Gasteiger partial charge in [-0.25, -0.2) is 0 Å². The summed E-state index contributed by atoms with van der Waals surface area (Å²) in [6, 6.07) is 8.57. The molecule has 110 valence electrons. The second kappa shape index (κ2) is 6.64. The highest BCUT2D eigenvalue weighted by molar-refractivity contribution is 5.73. The van der Waals surface area contributed by atoms with Crippen molar-refractivity contribution in [1.82, 2.24) is 0 Å². The van der Waals surface area contributed by atoms with E-state index in [-0.39, 0.29) is 11.9 Å². The molecule has 20 heavy (non-hydrogen) atoms. The standard InChI is InChI=1S/C16H24N2O2/c1-4-20-16(19)13-9-11-18(12-10-13)15-7-5-14(6-8-15)17(2)3/h5-8,13H,4,9-12H2,1-3H3. The predicted molar refractivity (Wildman–Crippen MR) is 82.3 cm³/mol. The van der Waals surface area contributed by atoms with Crippen LogP contribution in [-0.4, -0.2) is 39.8 Å². The SMILES string of the molecule is CCOC(=O)C1CCN(c2ccc(N(C)C)cc2)CC1.